The number of hydrogen-bond acceptors (Lipinski definition) is 7. The van der Waals surface area contributed by atoms with Gasteiger partial charge in [-0.25, -0.2) is 4.79 Å². The number of halogens is 1. The van der Waals surface area contributed by atoms with Gasteiger partial charge in [0.05, 0.1) is 30.0 Å². The van der Waals surface area contributed by atoms with E-state index in [1.807, 2.05) is 11.4 Å². The van der Waals surface area contributed by atoms with E-state index in [-0.39, 0.29) is 37.3 Å². The first kappa shape index (κ1) is 22.8. The summed E-state index contributed by atoms with van der Waals surface area (Å²) in [5.41, 5.74) is 0.608. The average molecular weight is 464 g/mol. The van der Waals surface area contributed by atoms with Crippen LogP contribution in [-0.4, -0.2) is 27.8 Å². The van der Waals surface area contributed by atoms with E-state index in [1.54, 1.807) is 44.2 Å². The van der Waals surface area contributed by atoms with Crippen LogP contribution < -0.4 is 11.1 Å². The van der Waals surface area contributed by atoms with Gasteiger partial charge < -0.3 is 14.5 Å². The van der Waals surface area contributed by atoms with Crippen molar-refractivity contribution in [1.82, 2.24) is 15.1 Å². The molecule has 164 valence electrons. The third-order valence-corrected chi connectivity index (χ3v) is 5.44. The molecule has 1 atom stereocenters. The number of esters is 1. The van der Waals surface area contributed by atoms with Gasteiger partial charge in [0.2, 0.25) is 5.91 Å². The molecular formula is C21H22ClN3O5S. The second-order valence-corrected chi connectivity index (χ2v) is 8.36. The Hall–Kier alpha value is -2.91. The number of aromatic nitrogens is 2. The van der Waals surface area contributed by atoms with Crippen LogP contribution in [-0.2, 0) is 20.9 Å². The molecule has 0 saturated heterocycles. The minimum absolute atomic E-state index is 0.0312. The van der Waals surface area contributed by atoms with E-state index in [9.17, 15) is 14.4 Å². The summed E-state index contributed by atoms with van der Waals surface area (Å²) in [5.74, 6) is -1.24. The molecule has 0 aliphatic carbocycles. The van der Waals surface area contributed by atoms with Crippen LogP contribution in [0.5, 0.6) is 0 Å². The second kappa shape index (κ2) is 10.4. The molecule has 10 heteroatoms. The lowest BCUT2D eigenvalue weighted by atomic mass is 10.0. The molecule has 1 unspecified atom stereocenters. The van der Waals surface area contributed by atoms with Crippen molar-refractivity contribution in [3.8, 4) is 10.8 Å². The largest absolute Gasteiger partial charge is 0.463 e. The maximum absolute atomic E-state index is 12.6. The highest BCUT2D eigenvalue weighted by Crippen LogP contribution is 2.26. The number of nitrogens with zero attached hydrogens (tertiary/aromatic N) is 2. The van der Waals surface area contributed by atoms with Crippen LogP contribution in [0.3, 0.4) is 0 Å². The highest BCUT2D eigenvalue weighted by Gasteiger charge is 2.22. The summed E-state index contributed by atoms with van der Waals surface area (Å²) >= 11 is 7.66. The summed E-state index contributed by atoms with van der Waals surface area (Å²) in [6, 6.07) is 9.91. The normalized spacial score (nSPS) is 12.0. The van der Waals surface area contributed by atoms with Crippen molar-refractivity contribution >= 4 is 34.8 Å². The molecule has 0 aliphatic rings. The third-order valence-electron chi connectivity index (χ3n) is 4.24. The molecule has 3 aromatic rings. The highest BCUT2D eigenvalue weighted by molar-refractivity contribution is 7.13. The van der Waals surface area contributed by atoms with Gasteiger partial charge in [0.25, 0.3) is 5.89 Å². The van der Waals surface area contributed by atoms with Crippen molar-refractivity contribution in [3.05, 3.63) is 62.9 Å². The van der Waals surface area contributed by atoms with E-state index in [0.717, 1.165) is 9.56 Å². The first-order valence-electron chi connectivity index (χ1n) is 9.68. The van der Waals surface area contributed by atoms with Crippen LogP contribution in [0.2, 0.25) is 5.02 Å². The van der Waals surface area contributed by atoms with Crippen LogP contribution in [0.25, 0.3) is 10.8 Å². The van der Waals surface area contributed by atoms with Crippen LogP contribution in [0, 0.1) is 0 Å². The molecule has 8 nitrogen and oxygen atoms in total. The fraction of sp³-hybridized carbons (Fsp3) is 0.333. The predicted molar refractivity (Wildman–Crippen MR) is 117 cm³/mol. The van der Waals surface area contributed by atoms with Crippen molar-refractivity contribution in [1.29, 1.82) is 0 Å². The number of ether oxygens (including phenoxy) is 1. The van der Waals surface area contributed by atoms with Crippen molar-refractivity contribution < 1.29 is 18.7 Å². The summed E-state index contributed by atoms with van der Waals surface area (Å²) in [6.07, 6.45) is -0.372. The third kappa shape index (κ3) is 6.28. The second-order valence-electron chi connectivity index (χ2n) is 7.01. The molecule has 31 heavy (non-hydrogen) atoms. The van der Waals surface area contributed by atoms with Crippen molar-refractivity contribution in [2.45, 2.75) is 45.4 Å². The van der Waals surface area contributed by atoms with Crippen molar-refractivity contribution in [3.63, 3.8) is 0 Å². The molecule has 1 amide bonds. The zero-order chi connectivity index (χ0) is 22.4. The lowest BCUT2D eigenvalue weighted by Crippen LogP contribution is -2.32. The minimum atomic E-state index is -0.664. The van der Waals surface area contributed by atoms with Gasteiger partial charge >= 0.3 is 11.7 Å². The molecule has 0 saturated carbocycles. The SMILES string of the molecule is CC(C)OC(=O)CC(NC(=O)CCn1nc(-c2cccs2)oc1=O)c1ccccc1Cl. The first-order valence-corrected chi connectivity index (χ1v) is 10.9. The maximum atomic E-state index is 12.6. The molecule has 1 aromatic carbocycles. The summed E-state index contributed by atoms with van der Waals surface area (Å²) in [4.78, 5) is 37.5. The molecule has 0 fully saturated rings. The number of carbonyl (C=O) groups is 2. The maximum Gasteiger partial charge on any atom is 0.437 e. The van der Waals surface area contributed by atoms with E-state index >= 15 is 0 Å². The molecule has 0 bridgehead atoms. The summed E-state index contributed by atoms with van der Waals surface area (Å²) < 4.78 is 11.5. The van der Waals surface area contributed by atoms with E-state index < -0.39 is 17.8 Å². The highest BCUT2D eigenvalue weighted by atomic mass is 35.5. The zero-order valence-electron chi connectivity index (χ0n) is 17.0. The Kier molecular flexibility index (Phi) is 7.64. The summed E-state index contributed by atoms with van der Waals surface area (Å²) in [5, 5.41) is 9.21. The topological polar surface area (TPSA) is 103 Å². The van der Waals surface area contributed by atoms with E-state index in [1.165, 1.54) is 11.3 Å². The van der Waals surface area contributed by atoms with Gasteiger partial charge in [0.1, 0.15) is 0 Å². The van der Waals surface area contributed by atoms with Gasteiger partial charge in [-0.15, -0.1) is 16.4 Å². The number of nitrogens with one attached hydrogen (secondary N) is 1. The molecule has 2 heterocycles. The Bertz CT molecular complexity index is 1090. The number of amides is 1. The van der Waals surface area contributed by atoms with E-state index in [4.69, 9.17) is 20.8 Å². The zero-order valence-corrected chi connectivity index (χ0v) is 18.6. The Morgan fingerprint density at radius 1 is 1.26 bits per heavy atom. The molecular weight excluding hydrogens is 442 g/mol. The van der Waals surface area contributed by atoms with Crippen LogP contribution in [0.1, 0.15) is 38.3 Å². The molecule has 0 radical (unpaired) electrons. The lowest BCUT2D eigenvalue weighted by Gasteiger charge is -2.20. The van der Waals surface area contributed by atoms with Crippen LogP contribution >= 0.6 is 22.9 Å². The van der Waals surface area contributed by atoms with Gasteiger partial charge in [-0.3, -0.25) is 9.59 Å². The van der Waals surface area contributed by atoms with E-state index in [2.05, 4.69) is 10.4 Å². The van der Waals surface area contributed by atoms with Gasteiger partial charge in [-0.2, -0.15) is 4.68 Å². The first-order chi connectivity index (χ1) is 14.8. The number of rotatable bonds is 9. The number of aryl methyl sites for hydroxylation is 1. The standard InChI is InChI=1S/C21H22ClN3O5S/c1-13(2)29-19(27)12-16(14-6-3-4-7-15(14)22)23-18(26)9-10-25-21(28)30-20(24-25)17-8-5-11-31-17/h3-8,11,13,16H,9-10,12H2,1-2H3,(H,23,26). The van der Waals surface area contributed by atoms with Crippen molar-refractivity contribution in [2.24, 2.45) is 0 Å². The Labute approximate surface area is 187 Å². The number of hydrogen-bond donors (Lipinski definition) is 1. The van der Waals surface area contributed by atoms with Gasteiger partial charge in [0, 0.05) is 11.4 Å². The van der Waals surface area contributed by atoms with Crippen LogP contribution in [0.15, 0.2) is 51.0 Å². The molecule has 0 spiro atoms. The monoisotopic (exact) mass is 463 g/mol. The predicted octanol–water partition coefficient (Wildman–Crippen LogP) is 3.81. The minimum Gasteiger partial charge on any atom is -0.463 e. The van der Waals surface area contributed by atoms with Gasteiger partial charge in [-0.1, -0.05) is 35.9 Å². The Balaban J connectivity index is 1.67. The molecule has 0 aliphatic heterocycles. The fourth-order valence-electron chi connectivity index (χ4n) is 2.90. The number of carbonyl (C=O) groups excluding carboxylic acids is 2. The van der Waals surface area contributed by atoms with Crippen LogP contribution in [0.4, 0.5) is 0 Å². The lowest BCUT2D eigenvalue weighted by molar-refractivity contribution is -0.148. The number of benzene rings is 1. The molecule has 2 aromatic heterocycles. The summed E-state index contributed by atoms with van der Waals surface area (Å²) in [7, 11) is 0. The van der Waals surface area contributed by atoms with E-state index in [0.29, 0.717) is 10.6 Å². The fourth-order valence-corrected chi connectivity index (χ4v) is 3.81. The van der Waals surface area contributed by atoms with Crippen molar-refractivity contribution in [2.75, 3.05) is 0 Å². The molecule has 1 N–H and O–H groups in total. The van der Waals surface area contributed by atoms with Gasteiger partial charge in [-0.05, 0) is 36.9 Å². The smallest absolute Gasteiger partial charge is 0.437 e. The molecule has 3 rings (SSSR count). The summed E-state index contributed by atoms with van der Waals surface area (Å²) in [6.45, 7) is 3.54. The van der Waals surface area contributed by atoms with Gasteiger partial charge in [0.15, 0.2) is 0 Å². The average Bonchev–Trinajstić information content (AvgIpc) is 3.35. The Morgan fingerprint density at radius 3 is 2.71 bits per heavy atom. The number of thiophene rings is 1. The Morgan fingerprint density at radius 2 is 2.03 bits per heavy atom. The quantitative estimate of drug-likeness (QED) is 0.484.